The number of nitriles is 1. The number of rotatable bonds is 6. The molecule has 1 N–H and O–H groups in total. The van der Waals surface area contributed by atoms with E-state index in [1.807, 2.05) is 12.1 Å². The van der Waals surface area contributed by atoms with Crippen molar-refractivity contribution in [3.05, 3.63) is 28.2 Å². The lowest BCUT2D eigenvalue weighted by Crippen LogP contribution is -2.24. The van der Waals surface area contributed by atoms with E-state index in [1.54, 1.807) is 6.07 Å². The van der Waals surface area contributed by atoms with Gasteiger partial charge in [0.05, 0.1) is 12.2 Å². The fourth-order valence-electron chi connectivity index (χ4n) is 1.36. The van der Waals surface area contributed by atoms with Gasteiger partial charge in [0.15, 0.2) is 0 Å². The van der Waals surface area contributed by atoms with Gasteiger partial charge in [-0.15, -0.1) is 0 Å². The molecule has 0 atom stereocenters. The smallest absolute Gasteiger partial charge is 0.137 e. The maximum Gasteiger partial charge on any atom is 0.137 e. The molecule has 1 aromatic carbocycles. The Balaban J connectivity index is 2.39. The summed E-state index contributed by atoms with van der Waals surface area (Å²) >= 11 is 3.33. The van der Waals surface area contributed by atoms with E-state index < -0.39 is 0 Å². The molecule has 17 heavy (non-hydrogen) atoms. The predicted octanol–water partition coefficient (Wildman–Crippen LogP) is 3.09. The van der Waals surface area contributed by atoms with Crippen LogP contribution in [-0.4, -0.2) is 19.2 Å². The summed E-state index contributed by atoms with van der Waals surface area (Å²) in [6, 6.07) is 8.08. The average molecular weight is 297 g/mol. The lowest BCUT2D eigenvalue weighted by Gasteiger charge is -2.10. The van der Waals surface area contributed by atoms with Gasteiger partial charge < -0.3 is 10.1 Å². The van der Waals surface area contributed by atoms with Crippen LogP contribution in [0.1, 0.15) is 25.8 Å². The van der Waals surface area contributed by atoms with Crippen LogP contribution in [0.5, 0.6) is 5.75 Å². The first-order valence-electron chi connectivity index (χ1n) is 5.69. The van der Waals surface area contributed by atoms with Crippen molar-refractivity contribution in [3.63, 3.8) is 0 Å². The molecule has 1 rings (SSSR count). The van der Waals surface area contributed by atoms with Crippen LogP contribution >= 0.6 is 15.9 Å². The van der Waals surface area contributed by atoms with Crippen LogP contribution in [-0.2, 0) is 0 Å². The Morgan fingerprint density at radius 3 is 2.88 bits per heavy atom. The molecule has 0 aliphatic heterocycles. The van der Waals surface area contributed by atoms with Gasteiger partial charge >= 0.3 is 0 Å². The first kappa shape index (κ1) is 14.0. The van der Waals surface area contributed by atoms with Crippen molar-refractivity contribution in [2.75, 3.05) is 13.2 Å². The molecule has 1 aromatic rings. The molecule has 4 heteroatoms. The maximum atomic E-state index is 8.96. The number of benzene rings is 1. The minimum atomic E-state index is 0.498. The molecule has 0 aliphatic carbocycles. The van der Waals surface area contributed by atoms with Crippen molar-refractivity contribution < 1.29 is 4.74 Å². The molecule has 0 aliphatic rings. The van der Waals surface area contributed by atoms with Crippen LogP contribution in [0.15, 0.2) is 22.7 Å². The van der Waals surface area contributed by atoms with E-state index in [9.17, 15) is 0 Å². The quantitative estimate of drug-likeness (QED) is 0.821. The van der Waals surface area contributed by atoms with E-state index in [4.69, 9.17) is 10.00 Å². The van der Waals surface area contributed by atoms with Crippen LogP contribution in [0.2, 0.25) is 0 Å². The highest BCUT2D eigenvalue weighted by atomic mass is 79.9. The van der Waals surface area contributed by atoms with Crippen molar-refractivity contribution in [1.29, 1.82) is 5.26 Å². The molecule has 0 fully saturated rings. The van der Waals surface area contributed by atoms with Gasteiger partial charge in [-0.25, -0.2) is 0 Å². The second kappa shape index (κ2) is 7.31. The summed E-state index contributed by atoms with van der Waals surface area (Å²) < 4.78 is 6.47. The fourth-order valence-corrected chi connectivity index (χ4v) is 1.72. The van der Waals surface area contributed by atoms with Gasteiger partial charge in [-0.05, 0) is 31.2 Å². The first-order valence-corrected chi connectivity index (χ1v) is 6.48. The van der Waals surface area contributed by atoms with Crippen molar-refractivity contribution in [3.8, 4) is 11.8 Å². The van der Waals surface area contributed by atoms with Crippen molar-refractivity contribution in [2.24, 2.45) is 0 Å². The topological polar surface area (TPSA) is 45.0 Å². The molecule has 0 amide bonds. The van der Waals surface area contributed by atoms with Crippen molar-refractivity contribution >= 4 is 15.9 Å². The van der Waals surface area contributed by atoms with Gasteiger partial charge in [0.2, 0.25) is 0 Å². The van der Waals surface area contributed by atoms with Crippen molar-refractivity contribution in [1.82, 2.24) is 5.32 Å². The zero-order chi connectivity index (χ0) is 12.7. The van der Waals surface area contributed by atoms with Crippen LogP contribution in [0.4, 0.5) is 0 Å². The largest absolute Gasteiger partial charge is 0.492 e. The molecule has 0 radical (unpaired) electrons. The summed E-state index contributed by atoms with van der Waals surface area (Å²) in [5, 5.41) is 12.3. The molecule has 3 nitrogen and oxygen atoms in total. The SMILES string of the molecule is CC(C)NCCCOc1ccc(Br)cc1C#N. The third-order valence-electron chi connectivity index (χ3n) is 2.19. The molecule has 0 heterocycles. The van der Waals surface area contributed by atoms with E-state index in [2.05, 4.69) is 41.2 Å². The van der Waals surface area contributed by atoms with Gasteiger partial charge in [-0.3, -0.25) is 0 Å². The van der Waals surface area contributed by atoms with Gasteiger partial charge in [-0.2, -0.15) is 5.26 Å². The summed E-state index contributed by atoms with van der Waals surface area (Å²) in [5.41, 5.74) is 0.566. The number of nitrogens with zero attached hydrogens (tertiary/aromatic N) is 1. The summed E-state index contributed by atoms with van der Waals surface area (Å²) in [5.74, 6) is 0.653. The van der Waals surface area contributed by atoms with Crippen LogP contribution < -0.4 is 10.1 Å². The Kier molecular flexibility index (Phi) is 6.03. The molecule has 0 unspecified atom stereocenters. The standard InChI is InChI=1S/C13H17BrN2O/c1-10(2)16-6-3-7-17-13-5-4-12(14)8-11(13)9-15/h4-5,8,10,16H,3,6-7H2,1-2H3. The van der Waals surface area contributed by atoms with Gasteiger partial charge in [0.1, 0.15) is 11.8 Å². The van der Waals surface area contributed by atoms with Crippen molar-refractivity contribution in [2.45, 2.75) is 26.3 Å². The van der Waals surface area contributed by atoms with E-state index in [0.29, 0.717) is 24.0 Å². The lowest BCUT2D eigenvalue weighted by atomic mass is 10.2. The molecule has 0 bridgehead atoms. The van der Waals surface area contributed by atoms with Crippen LogP contribution in [0, 0.1) is 11.3 Å². The number of hydrogen-bond donors (Lipinski definition) is 1. The zero-order valence-corrected chi connectivity index (χ0v) is 11.8. The highest BCUT2D eigenvalue weighted by Crippen LogP contribution is 2.22. The Hall–Kier alpha value is -1.05. The van der Waals surface area contributed by atoms with E-state index in [1.165, 1.54) is 0 Å². The normalized spacial score (nSPS) is 10.3. The molecule has 0 spiro atoms. The number of hydrogen-bond acceptors (Lipinski definition) is 3. The number of nitrogens with one attached hydrogen (secondary N) is 1. The monoisotopic (exact) mass is 296 g/mol. The highest BCUT2D eigenvalue weighted by Gasteiger charge is 2.03. The predicted molar refractivity (Wildman–Crippen MR) is 72.1 cm³/mol. The van der Waals surface area contributed by atoms with Gasteiger partial charge in [0.25, 0.3) is 0 Å². The fraction of sp³-hybridized carbons (Fsp3) is 0.462. The Morgan fingerprint density at radius 1 is 1.47 bits per heavy atom. The van der Waals surface area contributed by atoms with Crippen LogP contribution in [0.3, 0.4) is 0 Å². The molecular formula is C13H17BrN2O. The van der Waals surface area contributed by atoms with E-state index in [0.717, 1.165) is 17.4 Å². The summed E-state index contributed by atoms with van der Waals surface area (Å²) in [4.78, 5) is 0. The second-order valence-electron chi connectivity index (χ2n) is 4.06. The highest BCUT2D eigenvalue weighted by molar-refractivity contribution is 9.10. The Bertz CT molecular complexity index is 399. The van der Waals surface area contributed by atoms with Gasteiger partial charge in [0, 0.05) is 10.5 Å². The second-order valence-corrected chi connectivity index (χ2v) is 4.98. The molecule has 92 valence electrons. The Labute approximate surface area is 111 Å². The summed E-state index contributed by atoms with van der Waals surface area (Å²) in [6.07, 6.45) is 0.930. The number of ether oxygens (including phenoxy) is 1. The first-order chi connectivity index (χ1) is 8.13. The maximum absolute atomic E-state index is 8.96. The molecule has 0 saturated heterocycles. The minimum Gasteiger partial charge on any atom is -0.492 e. The summed E-state index contributed by atoms with van der Waals surface area (Å²) in [6.45, 7) is 5.78. The average Bonchev–Trinajstić information content (AvgIpc) is 2.29. The van der Waals surface area contributed by atoms with Crippen LogP contribution in [0.25, 0.3) is 0 Å². The zero-order valence-electron chi connectivity index (χ0n) is 10.2. The molecule has 0 aromatic heterocycles. The third-order valence-corrected chi connectivity index (χ3v) is 2.69. The van der Waals surface area contributed by atoms with E-state index >= 15 is 0 Å². The third kappa shape index (κ3) is 5.20. The van der Waals surface area contributed by atoms with E-state index in [-0.39, 0.29) is 0 Å². The Morgan fingerprint density at radius 2 is 2.24 bits per heavy atom. The van der Waals surface area contributed by atoms with Gasteiger partial charge in [-0.1, -0.05) is 29.8 Å². The molecule has 0 saturated carbocycles. The minimum absolute atomic E-state index is 0.498. The number of halogens is 1. The summed E-state index contributed by atoms with van der Waals surface area (Å²) in [7, 11) is 0. The lowest BCUT2D eigenvalue weighted by molar-refractivity contribution is 0.305. The molecular weight excluding hydrogens is 280 g/mol.